The van der Waals surface area contributed by atoms with Gasteiger partial charge in [0.25, 0.3) is 0 Å². The topological polar surface area (TPSA) is 74.0 Å². The third kappa shape index (κ3) is 3.24. The normalized spacial score (nSPS) is 18.5. The molecule has 90 valence electrons. The van der Waals surface area contributed by atoms with Crippen molar-refractivity contribution in [3.63, 3.8) is 0 Å². The molecule has 1 aliphatic heterocycles. The smallest absolute Gasteiger partial charge is 0.234 e. The molecule has 1 fully saturated rings. The summed E-state index contributed by atoms with van der Waals surface area (Å²) < 4.78 is 26.2. The van der Waals surface area contributed by atoms with E-state index in [9.17, 15) is 8.42 Å². The van der Waals surface area contributed by atoms with E-state index in [2.05, 4.69) is 15.0 Å². The van der Waals surface area contributed by atoms with Crippen molar-refractivity contribution in [2.45, 2.75) is 12.8 Å². The second-order valence-corrected chi connectivity index (χ2v) is 5.93. The molecular weight excluding hydrogens is 226 g/mol. The second-order valence-electron chi connectivity index (χ2n) is 4.16. The number of H-pyrrole nitrogens is 1. The molecule has 1 aliphatic rings. The Hall–Kier alpha value is -1.01. The van der Waals surface area contributed by atoms with E-state index in [1.165, 1.54) is 0 Å². The molecule has 5 nitrogen and oxygen atoms in total. The summed E-state index contributed by atoms with van der Waals surface area (Å²) in [4.78, 5) is 2.83. The van der Waals surface area contributed by atoms with Crippen molar-refractivity contribution in [2.75, 3.05) is 23.6 Å². The molecule has 1 aromatic rings. The van der Waals surface area contributed by atoms with Crippen LogP contribution in [-0.4, -0.2) is 32.2 Å². The molecule has 16 heavy (non-hydrogen) atoms. The van der Waals surface area contributed by atoms with Crippen LogP contribution in [0.4, 0.5) is 5.82 Å². The second kappa shape index (κ2) is 4.88. The van der Waals surface area contributed by atoms with Gasteiger partial charge in [-0.25, -0.2) is 8.42 Å². The molecule has 3 N–H and O–H groups in total. The Kier molecular flexibility index (Phi) is 3.50. The monoisotopic (exact) mass is 243 g/mol. The fraction of sp³-hybridized carbons (Fsp3) is 0.600. The summed E-state index contributed by atoms with van der Waals surface area (Å²) in [5.41, 5.74) is 0. The molecule has 0 amide bonds. The van der Waals surface area contributed by atoms with Crippen molar-refractivity contribution in [3.8, 4) is 0 Å². The summed E-state index contributed by atoms with van der Waals surface area (Å²) in [5.74, 6) is 1.02. The van der Waals surface area contributed by atoms with Gasteiger partial charge in [0.15, 0.2) is 0 Å². The van der Waals surface area contributed by atoms with Gasteiger partial charge in [0.2, 0.25) is 10.0 Å². The standard InChI is InChI=1S/C10H17N3O2S/c14-16(15,13-10-2-1-5-12-10)8-9-3-6-11-7-4-9/h1-2,5,9,11-13H,3-4,6-8H2. The van der Waals surface area contributed by atoms with Crippen LogP contribution in [0.2, 0.25) is 0 Å². The van der Waals surface area contributed by atoms with Crippen LogP contribution in [0.5, 0.6) is 0 Å². The van der Waals surface area contributed by atoms with Gasteiger partial charge in [-0.3, -0.25) is 4.72 Å². The number of anilines is 1. The molecule has 1 aromatic heterocycles. The van der Waals surface area contributed by atoms with Crippen LogP contribution >= 0.6 is 0 Å². The van der Waals surface area contributed by atoms with E-state index in [-0.39, 0.29) is 11.7 Å². The largest absolute Gasteiger partial charge is 0.348 e. The molecule has 0 aliphatic carbocycles. The van der Waals surface area contributed by atoms with E-state index in [0.717, 1.165) is 25.9 Å². The van der Waals surface area contributed by atoms with Gasteiger partial charge in [-0.1, -0.05) is 0 Å². The summed E-state index contributed by atoms with van der Waals surface area (Å²) >= 11 is 0. The third-order valence-corrected chi connectivity index (χ3v) is 4.22. The van der Waals surface area contributed by atoms with E-state index in [1.54, 1.807) is 18.3 Å². The molecule has 0 atom stereocenters. The Balaban J connectivity index is 1.92. The van der Waals surface area contributed by atoms with Crippen LogP contribution in [0.1, 0.15) is 12.8 Å². The number of hydrogen-bond donors (Lipinski definition) is 3. The minimum absolute atomic E-state index is 0.216. The maximum atomic E-state index is 11.8. The average Bonchev–Trinajstić information content (AvgIpc) is 2.70. The van der Waals surface area contributed by atoms with Crippen LogP contribution in [0, 0.1) is 5.92 Å². The van der Waals surface area contributed by atoms with Crippen LogP contribution in [0.15, 0.2) is 18.3 Å². The minimum Gasteiger partial charge on any atom is -0.348 e. The number of piperidine rings is 1. The Morgan fingerprint density at radius 1 is 1.38 bits per heavy atom. The fourth-order valence-electron chi connectivity index (χ4n) is 1.96. The number of hydrogen-bond acceptors (Lipinski definition) is 3. The molecule has 6 heteroatoms. The SMILES string of the molecule is O=S(=O)(CC1CCNCC1)Nc1ccc[nH]1. The van der Waals surface area contributed by atoms with Crippen LogP contribution in [0.3, 0.4) is 0 Å². The zero-order valence-corrected chi connectivity index (χ0v) is 9.89. The molecule has 0 saturated carbocycles. The highest BCUT2D eigenvalue weighted by Crippen LogP contribution is 2.15. The first-order valence-corrected chi connectivity index (χ1v) is 7.15. The number of aromatic nitrogens is 1. The van der Waals surface area contributed by atoms with Crippen molar-refractivity contribution >= 4 is 15.8 Å². The van der Waals surface area contributed by atoms with Crippen molar-refractivity contribution in [3.05, 3.63) is 18.3 Å². The molecule has 2 heterocycles. The Morgan fingerprint density at radius 3 is 2.75 bits per heavy atom. The summed E-state index contributed by atoms with van der Waals surface area (Å²) in [5, 5.41) is 3.22. The summed E-state index contributed by atoms with van der Waals surface area (Å²) in [6.45, 7) is 1.84. The quantitative estimate of drug-likeness (QED) is 0.731. The zero-order valence-electron chi connectivity index (χ0n) is 9.07. The maximum Gasteiger partial charge on any atom is 0.234 e. The molecule has 2 rings (SSSR count). The van der Waals surface area contributed by atoms with Crippen molar-refractivity contribution in [1.82, 2.24) is 10.3 Å². The maximum absolute atomic E-state index is 11.8. The predicted molar refractivity (Wildman–Crippen MR) is 63.8 cm³/mol. The van der Waals surface area contributed by atoms with Gasteiger partial charge in [-0.2, -0.15) is 0 Å². The Bertz CT molecular complexity index is 407. The van der Waals surface area contributed by atoms with E-state index < -0.39 is 10.0 Å². The van der Waals surface area contributed by atoms with Crippen LogP contribution in [0.25, 0.3) is 0 Å². The minimum atomic E-state index is -3.21. The molecule has 0 unspecified atom stereocenters. The van der Waals surface area contributed by atoms with Gasteiger partial charge in [-0.15, -0.1) is 0 Å². The van der Waals surface area contributed by atoms with Gasteiger partial charge < -0.3 is 10.3 Å². The lowest BCUT2D eigenvalue weighted by Gasteiger charge is -2.22. The predicted octanol–water partition coefficient (Wildman–Crippen LogP) is 0.756. The highest BCUT2D eigenvalue weighted by Gasteiger charge is 2.21. The Labute approximate surface area is 95.7 Å². The molecule has 0 bridgehead atoms. The summed E-state index contributed by atoms with van der Waals surface area (Å²) in [7, 11) is -3.21. The molecule has 0 radical (unpaired) electrons. The van der Waals surface area contributed by atoms with Crippen LogP contribution < -0.4 is 10.0 Å². The van der Waals surface area contributed by atoms with E-state index >= 15 is 0 Å². The fourth-order valence-corrected chi connectivity index (χ4v) is 3.46. The molecule has 0 aromatic carbocycles. The first kappa shape index (κ1) is 11.5. The van der Waals surface area contributed by atoms with Gasteiger partial charge in [-0.05, 0) is 44.0 Å². The third-order valence-electron chi connectivity index (χ3n) is 2.78. The van der Waals surface area contributed by atoms with Crippen molar-refractivity contribution in [1.29, 1.82) is 0 Å². The van der Waals surface area contributed by atoms with Crippen molar-refractivity contribution in [2.24, 2.45) is 5.92 Å². The molecule has 0 spiro atoms. The lowest BCUT2D eigenvalue weighted by atomic mass is 10.0. The van der Waals surface area contributed by atoms with Crippen molar-refractivity contribution < 1.29 is 8.42 Å². The van der Waals surface area contributed by atoms with E-state index in [4.69, 9.17) is 0 Å². The molecule has 1 saturated heterocycles. The lowest BCUT2D eigenvalue weighted by Crippen LogP contribution is -2.33. The van der Waals surface area contributed by atoms with Gasteiger partial charge >= 0.3 is 0 Å². The van der Waals surface area contributed by atoms with Crippen LogP contribution in [-0.2, 0) is 10.0 Å². The van der Waals surface area contributed by atoms with Gasteiger partial charge in [0, 0.05) is 6.20 Å². The average molecular weight is 243 g/mol. The van der Waals surface area contributed by atoms with E-state index in [1.807, 2.05) is 0 Å². The number of nitrogens with one attached hydrogen (secondary N) is 3. The number of sulfonamides is 1. The first-order valence-electron chi connectivity index (χ1n) is 5.50. The van der Waals surface area contributed by atoms with Gasteiger partial charge in [0.1, 0.15) is 5.82 Å². The molecular formula is C10H17N3O2S. The van der Waals surface area contributed by atoms with E-state index in [0.29, 0.717) is 5.82 Å². The zero-order chi connectivity index (χ0) is 11.4. The highest BCUT2D eigenvalue weighted by atomic mass is 32.2. The first-order chi connectivity index (χ1) is 7.66. The highest BCUT2D eigenvalue weighted by molar-refractivity contribution is 7.92. The summed E-state index contributed by atoms with van der Waals surface area (Å²) in [6.07, 6.45) is 3.57. The number of rotatable bonds is 4. The van der Waals surface area contributed by atoms with Gasteiger partial charge in [0.05, 0.1) is 5.75 Å². The lowest BCUT2D eigenvalue weighted by molar-refractivity contribution is 0.402. The number of aromatic amines is 1. The Morgan fingerprint density at radius 2 is 2.12 bits per heavy atom. The summed E-state index contributed by atoms with van der Waals surface area (Å²) in [6, 6.07) is 3.47.